The van der Waals surface area contributed by atoms with Crippen molar-refractivity contribution in [1.29, 1.82) is 0 Å². The number of halogens is 2. The molecule has 3 aromatic heterocycles. The fraction of sp³-hybridized carbons (Fsp3) is 0.158. The van der Waals surface area contributed by atoms with Crippen LogP contribution in [0.25, 0.3) is 22.6 Å². The first-order valence-electron chi connectivity index (χ1n) is 8.91. The number of hydrogen-bond donors (Lipinski definition) is 3. The van der Waals surface area contributed by atoms with Gasteiger partial charge in [0.1, 0.15) is 17.2 Å². The van der Waals surface area contributed by atoms with Crippen LogP contribution in [0.1, 0.15) is 5.56 Å². The second kappa shape index (κ2) is 7.51. The summed E-state index contributed by atoms with van der Waals surface area (Å²) in [4.78, 5) is 13.4. The first-order valence-corrected chi connectivity index (χ1v) is 8.91. The lowest BCUT2D eigenvalue weighted by atomic mass is 10.2. The molecule has 5 rings (SSSR count). The minimum Gasteiger partial charge on any atom is -0.382 e. The van der Waals surface area contributed by atoms with Gasteiger partial charge in [0.15, 0.2) is 23.1 Å². The van der Waals surface area contributed by atoms with E-state index < -0.39 is 0 Å². The summed E-state index contributed by atoms with van der Waals surface area (Å²) in [6.07, 6.45) is 1.68. The Morgan fingerprint density at radius 3 is 2.76 bits per heavy atom. The van der Waals surface area contributed by atoms with Gasteiger partial charge in [-0.1, -0.05) is 18.2 Å². The van der Waals surface area contributed by atoms with E-state index in [-0.39, 0.29) is 24.8 Å². The molecule has 0 saturated carbocycles. The van der Waals surface area contributed by atoms with Crippen LogP contribution >= 0.6 is 12.4 Å². The molecule has 0 unspecified atom stereocenters. The second-order valence-corrected chi connectivity index (χ2v) is 6.48. The number of nitrogens with one attached hydrogen (secondary N) is 2. The molecular formula is C19H18ClFN8. The van der Waals surface area contributed by atoms with Crippen molar-refractivity contribution in [1.82, 2.24) is 24.7 Å². The van der Waals surface area contributed by atoms with Gasteiger partial charge in [-0.2, -0.15) is 5.10 Å². The number of anilines is 3. The number of benzene rings is 1. The van der Waals surface area contributed by atoms with Crippen molar-refractivity contribution in [2.24, 2.45) is 0 Å². The average Bonchev–Trinajstić information content (AvgIpc) is 3.08. The van der Waals surface area contributed by atoms with Gasteiger partial charge in [-0.3, -0.25) is 0 Å². The number of aromatic nitrogens is 5. The fourth-order valence-electron chi connectivity index (χ4n) is 3.33. The molecule has 4 N–H and O–H groups in total. The molecule has 4 heterocycles. The van der Waals surface area contributed by atoms with Gasteiger partial charge < -0.3 is 16.4 Å². The molecule has 8 nitrogen and oxygen atoms in total. The van der Waals surface area contributed by atoms with E-state index in [1.54, 1.807) is 29.1 Å². The predicted octanol–water partition coefficient (Wildman–Crippen LogP) is 2.92. The third-order valence-electron chi connectivity index (χ3n) is 4.65. The maximum Gasteiger partial charge on any atom is 0.184 e. The van der Waals surface area contributed by atoms with E-state index in [1.807, 2.05) is 12.1 Å². The zero-order chi connectivity index (χ0) is 19.1. The van der Waals surface area contributed by atoms with Crippen molar-refractivity contribution in [2.45, 2.75) is 6.54 Å². The van der Waals surface area contributed by atoms with Crippen molar-refractivity contribution < 1.29 is 4.39 Å². The van der Waals surface area contributed by atoms with E-state index in [0.717, 1.165) is 18.5 Å². The van der Waals surface area contributed by atoms with Gasteiger partial charge in [0.05, 0.1) is 11.9 Å². The third-order valence-corrected chi connectivity index (χ3v) is 4.65. The number of pyridine rings is 1. The molecule has 4 aromatic rings. The van der Waals surface area contributed by atoms with Gasteiger partial charge in [0.25, 0.3) is 0 Å². The van der Waals surface area contributed by atoms with Crippen LogP contribution in [-0.4, -0.2) is 37.8 Å². The SMILES string of the molecule is Cl.Nc1nc(-c2nn(Cc3ccccc3F)c3ncccc23)nc2c1NCCN2. The standard InChI is InChI=1S/C19H17FN8.ClH/c20-13-6-2-1-4-11(13)10-28-19-12(5-3-7-24-19)14(27-28)18-25-16(21)15-17(26-18)23-9-8-22-15;/h1-7,22H,8-10H2,(H3,21,23,25,26);1H. The summed E-state index contributed by atoms with van der Waals surface area (Å²) in [7, 11) is 0. The van der Waals surface area contributed by atoms with Crippen LogP contribution < -0.4 is 16.4 Å². The van der Waals surface area contributed by atoms with Gasteiger partial charge in [0, 0.05) is 24.8 Å². The van der Waals surface area contributed by atoms with Crippen molar-refractivity contribution in [3.8, 4) is 11.5 Å². The molecule has 0 saturated heterocycles. The molecule has 0 spiro atoms. The Balaban J connectivity index is 0.00000205. The van der Waals surface area contributed by atoms with E-state index in [0.29, 0.717) is 40.1 Å². The van der Waals surface area contributed by atoms with Crippen LogP contribution in [0, 0.1) is 5.82 Å². The number of nitrogen functional groups attached to an aromatic ring is 1. The third kappa shape index (κ3) is 3.29. The highest BCUT2D eigenvalue weighted by Gasteiger charge is 2.21. The van der Waals surface area contributed by atoms with Gasteiger partial charge in [-0.25, -0.2) is 24.0 Å². The van der Waals surface area contributed by atoms with Crippen LogP contribution in [0.2, 0.25) is 0 Å². The molecule has 0 fully saturated rings. The Morgan fingerprint density at radius 2 is 1.90 bits per heavy atom. The quantitative estimate of drug-likeness (QED) is 0.475. The highest BCUT2D eigenvalue weighted by Crippen LogP contribution is 2.32. The largest absolute Gasteiger partial charge is 0.382 e. The summed E-state index contributed by atoms with van der Waals surface area (Å²) in [5.41, 5.74) is 8.53. The zero-order valence-electron chi connectivity index (χ0n) is 15.3. The molecular weight excluding hydrogens is 395 g/mol. The maximum absolute atomic E-state index is 14.1. The molecule has 1 aliphatic heterocycles. The molecule has 148 valence electrons. The molecule has 0 bridgehead atoms. The van der Waals surface area contributed by atoms with Gasteiger partial charge in [0.2, 0.25) is 0 Å². The van der Waals surface area contributed by atoms with Crippen molar-refractivity contribution in [2.75, 3.05) is 29.5 Å². The van der Waals surface area contributed by atoms with Crippen molar-refractivity contribution in [3.63, 3.8) is 0 Å². The number of nitrogens with zero attached hydrogens (tertiary/aromatic N) is 5. The Kier molecular flexibility index (Phi) is 4.89. The monoisotopic (exact) mass is 412 g/mol. The van der Waals surface area contributed by atoms with Gasteiger partial charge in [-0.15, -0.1) is 12.4 Å². The Morgan fingerprint density at radius 1 is 1.07 bits per heavy atom. The van der Waals surface area contributed by atoms with Crippen LogP contribution in [0.4, 0.5) is 21.7 Å². The van der Waals surface area contributed by atoms with Crippen LogP contribution in [0.15, 0.2) is 42.6 Å². The van der Waals surface area contributed by atoms with Crippen LogP contribution in [0.3, 0.4) is 0 Å². The van der Waals surface area contributed by atoms with E-state index in [1.165, 1.54) is 6.07 Å². The van der Waals surface area contributed by atoms with E-state index in [4.69, 9.17) is 5.73 Å². The molecule has 0 amide bonds. The summed E-state index contributed by atoms with van der Waals surface area (Å²) in [6, 6.07) is 10.3. The lowest BCUT2D eigenvalue weighted by molar-refractivity contribution is 0.589. The Labute approximate surface area is 171 Å². The first kappa shape index (κ1) is 18.9. The average molecular weight is 413 g/mol. The summed E-state index contributed by atoms with van der Waals surface area (Å²) in [5, 5.41) is 11.8. The van der Waals surface area contributed by atoms with E-state index in [9.17, 15) is 4.39 Å². The number of hydrogen-bond acceptors (Lipinski definition) is 7. The summed E-state index contributed by atoms with van der Waals surface area (Å²) >= 11 is 0. The van der Waals surface area contributed by atoms with Crippen LogP contribution in [0.5, 0.6) is 0 Å². The minimum atomic E-state index is -0.284. The lowest BCUT2D eigenvalue weighted by Crippen LogP contribution is -2.23. The summed E-state index contributed by atoms with van der Waals surface area (Å²) in [6.45, 7) is 1.75. The molecule has 0 atom stereocenters. The normalized spacial score (nSPS) is 12.6. The first-order chi connectivity index (χ1) is 13.7. The minimum absolute atomic E-state index is 0. The molecule has 0 radical (unpaired) electrons. The second-order valence-electron chi connectivity index (χ2n) is 6.48. The Bertz CT molecular complexity index is 1190. The molecule has 0 aliphatic carbocycles. The number of rotatable bonds is 3. The molecule has 1 aliphatic rings. The predicted molar refractivity (Wildman–Crippen MR) is 113 cm³/mol. The van der Waals surface area contributed by atoms with Gasteiger partial charge in [-0.05, 0) is 18.2 Å². The lowest BCUT2D eigenvalue weighted by Gasteiger charge is -2.20. The highest BCUT2D eigenvalue weighted by molar-refractivity contribution is 5.90. The highest BCUT2D eigenvalue weighted by atomic mass is 35.5. The number of nitrogens with two attached hydrogens (primary N) is 1. The summed E-state index contributed by atoms with van der Waals surface area (Å²) < 4.78 is 15.8. The maximum atomic E-state index is 14.1. The number of fused-ring (bicyclic) bond motifs is 2. The molecule has 10 heteroatoms. The fourth-order valence-corrected chi connectivity index (χ4v) is 3.33. The van der Waals surface area contributed by atoms with Gasteiger partial charge >= 0.3 is 0 Å². The molecule has 1 aromatic carbocycles. The smallest absolute Gasteiger partial charge is 0.184 e. The van der Waals surface area contributed by atoms with Crippen molar-refractivity contribution >= 4 is 40.8 Å². The molecule has 29 heavy (non-hydrogen) atoms. The van der Waals surface area contributed by atoms with Crippen molar-refractivity contribution in [3.05, 3.63) is 54.0 Å². The van der Waals surface area contributed by atoms with E-state index >= 15 is 0 Å². The zero-order valence-corrected chi connectivity index (χ0v) is 16.1. The Hall–Kier alpha value is -3.46. The van der Waals surface area contributed by atoms with E-state index in [2.05, 4.69) is 30.7 Å². The van der Waals surface area contributed by atoms with Crippen LogP contribution in [-0.2, 0) is 6.54 Å². The summed E-state index contributed by atoms with van der Waals surface area (Å²) in [5.74, 6) is 1.12. The topological polar surface area (TPSA) is 107 Å².